The highest BCUT2D eigenvalue weighted by molar-refractivity contribution is 9.10. The summed E-state index contributed by atoms with van der Waals surface area (Å²) in [5, 5.41) is 7.67. The summed E-state index contributed by atoms with van der Waals surface area (Å²) in [7, 11) is 0. The predicted octanol–water partition coefficient (Wildman–Crippen LogP) is 0.399. The minimum atomic E-state index is -0.520. The summed E-state index contributed by atoms with van der Waals surface area (Å²) in [6, 6.07) is 0. The van der Waals surface area contributed by atoms with E-state index >= 15 is 0 Å². The lowest BCUT2D eigenvalue weighted by atomic mass is 10.3. The van der Waals surface area contributed by atoms with Gasteiger partial charge in [-0.05, 0) is 22.4 Å². The molecule has 0 aromatic carbocycles. The van der Waals surface area contributed by atoms with Crippen molar-refractivity contribution >= 4 is 21.8 Å². The van der Waals surface area contributed by atoms with Crippen molar-refractivity contribution < 1.29 is 0 Å². The monoisotopic (exact) mass is 286 g/mol. The molecule has 6 nitrogen and oxygen atoms in total. The summed E-state index contributed by atoms with van der Waals surface area (Å²) in [6.45, 7) is 1.18. The van der Waals surface area contributed by atoms with E-state index in [0.717, 1.165) is 19.4 Å². The van der Waals surface area contributed by atoms with Crippen LogP contribution in [0.25, 0.3) is 0 Å². The third-order valence-electron chi connectivity index (χ3n) is 2.53. The second-order valence-corrected chi connectivity index (χ2v) is 4.47. The van der Waals surface area contributed by atoms with Crippen LogP contribution >= 0.6 is 15.9 Å². The van der Waals surface area contributed by atoms with Gasteiger partial charge in [-0.2, -0.15) is 0 Å². The molecule has 86 valence electrons. The fourth-order valence-electron chi connectivity index (χ4n) is 1.72. The SMILES string of the molecule is N=C1CCCN1Cc1[nH]c(=O)[nH]c(=O)c1Br. The van der Waals surface area contributed by atoms with Crippen LogP contribution in [0.5, 0.6) is 0 Å². The standard InChI is InChI=1S/C9H11BrN4O2/c10-7-5(12-9(16)13-8(7)15)4-14-3-1-2-6(14)11/h11H,1-4H2,(H2,12,13,15,16). The molecule has 1 saturated heterocycles. The van der Waals surface area contributed by atoms with Gasteiger partial charge in [0.15, 0.2) is 0 Å². The Kier molecular flexibility index (Phi) is 2.95. The van der Waals surface area contributed by atoms with E-state index in [1.165, 1.54) is 0 Å². The second-order valence-electron chi connectivity index (χ2n) is 3.67. The van der Waals surface area contributed by atoms with Crippen LogP contribution in [0.3, 0.4) is 0 Å². The molecular weight excluding hydrogens is 276 g/mol. The summed E-state index contributed by atoms with van der Waals surface area (Å²) < 4.78 is 0.326. The number of nitrogens with one attached hydrogen (secondary N) is 3. The van der Waals surface area contributed by atoms with Crippen molar-refractivity contribution in [2.24, 2.45) is 0 Å². The number of nitrogens with zero attached hydrogens (tertiary/aromatic N) is 1. The molecule has 1 aliphatic heterocycles. The minimum absolute atomic E-state index is 0.326. The van der Waals surface area contributed by atoms with Gasteiger partial charge in [0.2, 0.25) is 0 Å². The Morgan fingerprint density at radius 2 is 2.12 bits per heavy atom. The van der Waals surface area contributed by atoms with Crippen LogP contribution in [0.1, 0.15) is 18.5 Å². The fraction of sp³-hybridized carbons (Fsp3) is 0.444. The number of hydrogen-bond acceptors (Lipinski definition) is 3. The Bertz CT molecular complexity index is 533. The van der Waals surface area contributed by atoms with Gasteiger partial charge >= 0.3 is 5.69 Å². The lowest BCUT2D eigenvalue weighted by molar-refractivity contribution is 0.437. The molecule has 0 aliphatic carbocycles. The molecule has 0 spiro atoms. The average molecular weight is 287 g/mol. The number of hydrogen-bond donors (Lipinski definition) is 3. The minimum Gasteiger partial charge on any atom is -0.355 e. The van der Waals surface area contributed by atoms with Crippen LogP contribution in [-0.4, -0.2) is 27.2 Å². The van der Waals surface area contributed by atoms with Crippen LogP contribution in [0, 0.1) is 5.41 Å². The van der Waals surface area contributed by atoms with Crippen LogP contribution in [0.4, 0.5) is 0 Å². The molecule has 2 heterocycles. The number of H-pyrrole nitrogens is 2. The van der Waals surface area contributed by atoms with Gasteiger partial charge in [0.25, 0.3) is 5.56 Å². The first-order valence-corrected chi connectivity index (χ1v) is 5.70. The third kappa shape index (κ3) is 2.08. The van der Waals surface area contributed by atoms with E-state index in [1.807, 2.05) is 4.90 Å². The highest BCUT2D eigenvalue weighted by Crippen LogP contribution is 2.15. The number of halogens is 1. The topological polar surface area (TPSA) is 92.8 Å². The molecular formula is C9H11BrN4O2. The van der Waals surface area contributed by atoms with E-state index in [0.29, 0.717) is 22.5 Å². The van der Waals surface area contributed by atoms with Gasteiger partial charge in [-0.25, -0.2) is 4.79 Å². The van der Waals surface area contributed by atoms with E-state index < -0.39 is 11.2 Å². The first-order valence-electron chi connectivity index (χ1n) is 4.91. The number of amidine groups is 1. The molecule has 1 aromatic heterocycles. The summed E-state index contributed by atoms with van der Waals surface area (Å²) in [6.07, 6.45) is 1.70. The molecule has 0 radical (unpaired) electrons. The van der Waals surface area contributed by atoms with Crippen molar-refractivity contribution in [1.82, 2.24) is 14.9 Å². The molecule has 3 N–H and O–H groups in total. The predicted molar refractivity (Wildman–Crippen MR) is 62.8 cm³/mol. The molecule has 1 aromatic rings. The Balaban J connectivity index is 2.31. The molecule has 2 rings (SSSR count). The largest absolute Gasteiger partial charge is 0.355 e. The quantitative estimate of drug-likeness (QED) is 0.735. The van der Waals surface area contributed by atoms with Crippen molar-refractivity contribution in [3.05, 3.63) is 31.0 Å². The zero-order valence-corrected chi connectivity index (χ0v) is 10.1. The fourth-order valence-corrected chi connectivity index (χ4v) is 2.05. The lowest BCUT2D eigenvalue weighted by Crippen LogP contribution is -2.30. The number of aromatic amines is 2. The van der Waals surface area contributed by atoms with Crippen molar-refractivity contribution in [2.45, 2.75) is 19.4 Å². The van der Waals surface area contributed by atoms with Crippen LogP contribution in [0.2, 0.25) is 0 Å². The van der Waals surface area contributed by atoms with E-state index in [4.69, 9.17) is 5.41 Å². The van der Waals surface area contributed by atoms with E-state index in [1.54, 1.807) is 0 Å². The maximum absolute atomic E-state index is 11.3. The Hall–Kier alpha value is -1.37. The normalized spacial score (nSPS) is 15.8. The van der Waals surface area contributed by atoms with Crippen LogP contribution < -0.4 is 11.2 Å². The van der Waals surface area contributed by atoms with Gasteiger partial charge < -0.3 is 9.88 Å². The zero-order valence-electron chi connectivity index (χ0n) is 8.47. The number of likely N-dealkylation sites (tertiary alicyclic amines) is 1. The molecule has 0 atom stereocenters. The number of rotatable bonds is 2. The average Bonchev–Trinajstić information content (AvgIpc) is 2.60. The van der Waals surface area contributed by atoms with Crippen LogP contribution in [0.15, 0.2) is 14.1 Å². The van der Waals surface area contributed by atoms with Crippen molar-refractivity contribution in [1.29, 1.82) is 5.41 Å². The highest BCUT2D eigenvalue weighted by atomic mass is 79.9. The summed E-state index contributed by atoms with van der Waals surface area (Å²) in [4.78, 5) is 29.0. The third-order valence-corrected chi connectivity index (χ3v) is 3.37. The van der Waals surface area contributed by atoms with Gasteiger partial charge in [0.1, 0.15) is 4.47 Å². The summed E-state index contributed by atoms with van der Waals surface area (Å²) >= 11 is 3.13. The molecule has 16 heavy (non-hydrogen) atoms. The Morgan fingerprint density at radius 1 is 1.38 bits per heavy atom. The zero-order chi connectivity index (χ0) is 11.7. The molecule has 1 aliphatic rings. The van der Waals surface area contributed by atoms with Crippen molar-refractivity contribution in [3.63, 3.8) is 0 Å². The second kappa shape index (κ2) is 4.25. The van der Waals surface area contributed by atoms with Crippen LogP contribution in [-0.2, 0) is 6.54 Å². The Morgan fingerprint density at radius 3 is 2.75 bits per heavy atom. The first kappa shape index (κ1) is 11.1. The van der Waals surface area contributed by atoms with Gasteiger partial charge in [0.05, 0.1) is 18.1 Å². The van der Waals surface area contributed by atoms with Gasteiger partial charge in [-0.1, -0.05) is 0 Å². The van der Waals surface area contributed by atoms with E-state index in [2.05, 4.69) is 25.9 Å². The number of aromatic nitrogens is 2. The maximum Gasteiger partial charge on any atom is 0.326 e. The first-order chi connectivity index (χ1) is 7.58. The Labute approximate surface area is 99.3 Å². The summed E-state index contributed by atoms with van der Waals surface area (Å²) in [5.74, 6) is 0.549. The van der Waals surface area contributed by atoms with Gasteiger partial charge in [-0.15, -0.1) is 0 Å². The molecule has 0 unspecified atom stereocenters. The van der Waals surface area contributed by atoms with Crippen molar-refractivity contribution in [3.8, 4) is 0 Å². The van der Waals surface area contributed by atoms with Crippen molar-refractivity contribution in [2.75, 3.05) is 6.54 Å². The van der Waals surface area contributed by atoms with E-state index in [-0.39, 0.29) is 0 Å². The van der Waals surface area contributed by atoms with E-state index in [9.17, 15) is 9.59 Å². The van der Waals surface area contributed by atoms with Gasteiger partial charge in [0, 0.05) is 13.0 Å². The molecule has 0 amide bonds. The highest BCUT2D eigenvalue weighted by Gasteiger charge is 2.18. The molecule has 0 saturated carbocycles. The molecule has 0 bridgehead atoms. The summed E-state index contributed by atoms with van der Waals surface area (Å²) in [5.41, 5.74) is -0.446. The maximum atomic E-state index is 11.3. The lowest BCUT2D eigenvalue weighted by Gasteiger charge is -2.17. The molecule has 1 fully saturated rings. The molecule has 7 heteroatoms. The van der Waals surface area contributed by atoms with Gasteiger partial charge in [-0.3, -0.25) is 15.2 Å². The smallest absolute Gasteiger partial charge is 0.326 e.